The van der Waals surface area contributed by atoms with Crippen molar-refractivity contribution in [3.8, 4) is 5.75 Å². The molecule has 0 spiro atoms. The number of ether oxygens (including phenoxy) is 1. The summed E-state index contributed by atoms with van der Waals surface area (Å²) in [7, 11) is 0. The Balaban J connectivity index is 0. The average molecular weight is 248 g/mol. The number of hydrogen-bond donors (Lipinski definition) is 0. The highest BCUT2D eigenvalue weighted by molar-refractivity contribution is 5.71. The lowest BCUT2D eigenvalue weighted by Crippen LogP contribution is -2.01. The van der Waals surface area contributed by atoms with Crippen molar-refractivity contribution in [1.82, 2.24) is 0 Å². The van der Waals surface area contributed by atoms with E-state index in [1.807, 2.05) is 33.8 Å². The zero-order valence-electron chi connectivity index (χ0n) is 12.1. The zero-order valence-corrected chi connectivity index (χ0v) is 12.1. The smallest absolute Gasteiger partial charge is 0.308 e. The minimum atomic E-state index is -0.327. The number of benzene rings is 1. The van der Waals surface area contributed by atoms with Crippen LogP contribution in [0.15, 0.2) is 31.4 Å². The van der Waals surface area contributed by atoms with Crippen molar-refractivity contribution in [1.29, 1.82) is 0 Å². The molecule has 1 aromatic rings. The Morgan fingerprint density at radius 3 is 1.94 bits per heavy atom. The van der Waals surface area contributed by atoms with Crippen molar-refractivity contribution >= 4 is 18.1 Å². The van der Waals surface area contributed by atoms with Crippen molar-refractivity contribution in [2.24, 2.45) is 0 Å². The molecule has 0 aliphatic heterocycles. The van der Waals surface area contributed by atoms with Gasteiger partial charge in [-0.1, -0.05) is 59.1 Å². The molecule has 0 amide bonds. The summed E-state index contributed by atoms with van der Waals surface area (Å²) in [6.07, 6.45) is 3.43. The lowest BCUT2D eigenvalue weighted by atomic mass is 10.1. The Labute approximate surface area is 111 Å². The largest absolute Gasteiger partial charge is 0.427 e. The monoisotopic (exact) mass is 248 g/mol. The van der Waals surface area contributed by atoms with Crippen LogP contribution in [0.4, 0.5) is 0 Å². The van der Waals surface area contributed by atoms with Gasteiger partial charge in [0.1, 0.15) is 5.75 Å². The lowest BCUT2D eigenvalue weighted by Gasteiger charge is -2.04. The molecule has 0 unspecified atom stereocenters. The zero-order chi connectivity index (χ0) is 14.6. The van der Waals surface area contributed by atoms with Crippen LogP contribution in [0.3, 0.4) is 0 Å². The fourth-order valence-electron chi connectivity index (χ4n) is 1.14. The fraction of sp³-hybridized carbons (Fsp3) is 0.312. The summed E-state index contributed by atoms with van der Waals surface area (Å²) in [5, 5.41) is 0. The van der Waals surface area contributed by atoms with Gasteiger partial charge >= 0.3 is 5.97 Å². The minimum absolute atomic E-state index is 0.327. The third-order valence-electron chi connectivity index (χ3n) is 1.76. The highest BCUT2D eigenvalue weighted by Crippen LogP contribution is 2.19. The van der Waals surface area contributed by atoms with Crippen LogP contribution in [0.2, 0.25) is 0 Å². The molecule has 1 rings (SSSR count). The molecular formula is C16H24O2. The predicted octanol–water partition coefficient (Wildman–Crippen LogP) is 4.95. The van der Waals surface area contributed by atoms with E-state index in [-0.39, 0.29) is 5.97 Å². The van der Waals surface area contributed by atoms with Crippen molar-refractivity contribution in [3.05, 3.63) is 42.5 Å². The number of carbonyl (C=O) groups is 1. The van der Waals surface area contributed by atoms with Gasteiger partial charge in [-0.3, -0.25) is 4.79 Å². The van der Waals surface area contributed by atoms with E-state index >= 15 is 0 Å². The van der Waals surface area contributed by atoms with Crippen LogP contribution in [-0.2, 0) is 4.79 Å². The van der Waals surface area contributed by atoms with Gasteiger partial charge in [0.15, 0.2) is 0 Å². The molecule has 2 nitrogen and oxygen atoms in total. The first-order valence-corrected chi connectivity index (χ1v) is 6.24. The van der Waals surface area contributed by atoms with Gasteiger partial charge < -0.3 is 4.74 Å². The maximum atomic E-state index is 10.7. The summed E-state index contributed by atoms with van der Waals surface area (Å²) >= 11 is 0. The van der Waals surface area contributed by atoms with E-state index < -0.39 is 0 Å². The number of hydrogen-bond acceptors (Lipinski definition) is 2. The molecule has 100 valence electrons. The highest BCUT2D eigenvalue weighted by atomic mass is 16.5. The molecule has 0 aliphatic carbocycles. The summed E-state index contributed by atoms with van der Waals surface area (Å²) in [4.78, 5) is 10.7. The Morgan fingerprint density at radius 2 is 1.56 bits per heavy atom. The molecule has 0 saturated heterocycles. The average Bonchev–Trinajstić information content (AvgIpc) is 2.42. The van der Waals surface area contributed by atoms with E-state index in [2.05, 4.69) is 13.2 Å². The first-order chi connectivity index (χ1) is 8.67. The molecule has 0 fully saturated rings. The van der Waals surface area contributed by atoms with E-state index in [0.717, 1.165) is 11.1 Å². The third-order valence-corrected chi connectivity index (χ3v) is 1.76. The summed E-state index contributed by atoms with van der Waals surface area (Å²) in [5.74, 6) is 0.198. The number of carbonyl (C=O) groups excluding carboxylic acids is 1. The van der Waals surface area contributed by atoms with Crippen LogP contribution >= 0.6 is 0 Å². The minimum Gasteiger partial charge on any atom is -0.427 e. The van der Waals surface area contributed by atoms with Crippen LogP contribution in [0, 0.1) is 0 Å². The van der Waals surface area contributed by atoms with E-state index in [0.29, 0.717) is 5.75 Å². The Morgan fingerprint density at radius 1 is 1.06 bits per heavy atom. The molecule has 2 heteroatoms. The van der Waals surface area contributed by atoms with E-state index in [1.54, 1.807) is 24.3 Å². The molecule has 0 N–H and O–H groups in total. The number of rotatable bonds is 3. The van der Waals surface area contributed by atoms with Gasteiger partial charge in [-0.25, -0.2) is 0 Å². The summed E-state index contributed by atoms with van der Waals surface area (Å²) in [6, 6.07) is 5.32. The van der Waals surface area contributed by atoms with Gasteiger partial charge in [-0.2, -0.15) is 0 Å². The van der Waals surface area contributed by atoms with Gasteiger partial charge in [0.05, 0.1) is 0 Å². The molecule has 0 radical (unpaired) electrons. The molecule has 0 heterocycles. The second-order valence-electron chi connectivity index (χ2n) is 2.79. The van der Waals surface area contributed by atoms with Gasteiger partial charge in [-0.05, 0) is 23.3 Å². The molecule has 1 aromatic carbocycles. The van der Waals surface area contributed by atoms with Gasteiger partial charge in [0.2, 0.25) is 0 Å². The molecule has 0 aromatic heterocycles. The normalized spacial score (nSPS) is 7.83. The molecule has 0 saturated carbocycles. The molecule has 0 bridgehead atoms. The first kappa shape index (κ1) is 18.5. The third kappa shape index (κ3) is 6.69. The van der Waals surface area contributed by atoms with Gasteiger partial charge in [0, 0.05) is 6.92 Å². The molecule has 0 atom stereocenters. The topological polar surface area (TPSA) is 26.3 Å². The van der Waals surface area contributed by atoms with Crippen molar-refractivity contribution in [2.75, 3.05) is 0 Å². The first-order valence-electron chi connectivity index (χ1n) is 6.24. The van der Waals surface area contributed by atoms with Gasteiger partial charge in [0.25, 0.3) is 0 Å². The summed E-state index contributed by atoms with van der Waals surface area (Å²) in [6.45, 7) is 16.7. The molecule has 0 aliphatic rings. The fourth-order valence-corrected chi connectivity index (χ4v) is 1.14. The lowest BCUT2D eigenvalue weighted by molar-refractivity contribution is -0.131. The molecule has 18 heavy (non-hydrogen) atoms. The van der Waals surface area contributed by atoms with Crippen LogP contribution < -0.4 is 4.74 Å². The SMILES string of the molecule is C=Cc1ccc(OC(C)=O)cc1C=C.CC.CC. The summed E-state index contributed by atoms with van der Waals surface area (Å²) < 4.78 is 4.94. The standard InChI is InChI=1S/C12H12O2.2C2H6/c1-4-10-6-7-12(14-9(3)13)8-11(10)5-2;2*1-2/h4-8H,1-2H2,3H3;2*1-2H3. The molecular weight excluding hydrogens is 224 g/mol. The van der Waals surface area contributed by atoms with E-state index in [9.17, 15) is 4.79 Å². The predicted molar refractivity (Wildman–Crippen MR) is 80.6 cm³/mol. The number of esters is 1. The van der Waals surface area contributed by atoms with Gasteiger partial charge in [-0.15, -0.1) is 0 Å². The Hall–Kier alpha value is -1.83. The van der Waals surface area contributed by atoms with Crippen molar-refractivity contribution < 1.29 is 9.53 Å². The summed E-state index contributed by atoms with van der Waals surface area (Å²) in [5.41, 5.74) is 1.87. The highest BCUT2D eigenvalue weighted by Gasteiger charge is 2.01. The maximum absolute atomic E-state index is 10.7. The van der Waals surface area contributed by atoms with Crippen molar-refractivity contribution in [3.63, 3.8) is 0 Å². The maximum Gasteiger partial charge on any atom is 0.308 e. The van der Waals surface area contributed by atoms with E-state index in [1.165, 1.54) is 6.92 Å². The van der Waals surface area contributed by atoms with Crippen LogP contribution in [0.25, 0.3) is 12.2 Å². The van der Waals surface area contributed by atoms with Crippen LogP contribution in [0.5, 0.6) is 5.75 Å². The quantitative estimate of drug-likeness (QED) is 0.559. The Kier molecular flexibility index (Phi) is 12.0. The second kappa shape index (κ2) is 11.6. The van der Waals surface area contributed by atoms with Crippen LogP contribution in [-0.4, -0.2) is 5.97 Å². The van der Waals surface area contributed by atoms with Crippen molar-refractivity contribution in [2.45, 2.75) is 34.6 Å². The second-order valence-corrected chi connectivity index (χ2v) is 2.79. The Bertz CT molecular complexity index is 379. The van der Waals surface area contributed by atoms with E-state index in [4.69, 9.17) is 4.74 Å². The van der Waals surface area contributed by atoms with Crippen LogP contribution in [0.1, 0.15) is 45.7 Å².